The van der Waals surface area contributed by atoms with Crippen LogP contribution in [0.25, 0.3) is 0 Å². The third kappa shape index (κ3) is 8.41. The summed E-state index contributed by atoms with van der Waals surface area (Å²) in [7, 11) is 0. The van der Waals surface area contributed by atoms with Gasteiger partial charge in [-0.25, -0.2) is 0 Å². The van der Waals surface area contributed by atoms with Crippen LogP contribution in [0.2, 0.25) is 0 Å². The van der Waals surface area contributed by atoms with Crippen molar-refractivity contribution >= 4 is 25.8 Å². The molecule has 10 heteroatoms. The Labute approximate surface area is 198 Å². The van der Waals surface area contributed by atoms with E-state index in [-0.39, 0.29) is 59.8 Å². The SMILES string of the molecule is CCn1cccc(O)c1=O.CCn1cccc(O)c1=O.CCn1cccc(O)c1=O.[In]. The summed E-state index contributed by atoms with van der Waals surface area (Å²) in [6.45, 7) is 7.32. The second-order valence-electron chi connectivity index (χ2n) is 5.95. The van der Waals surface area contributed by atoms with Crippen LogP contribution in [0.15, 0.2) is 69.4 Å². The van der Waals surface area contributed by atoms with Crippen molar-refractivity contribution in [2.24, 2.45) is 0 Å². The average Bonchev–Trinajstić information content (AvgIpc) is 2.75. The second-order valence-corrected chi connectivity index (χ2v) is 5.95. The van der Waals surface area contributed by atoms with Crippen molar-refractivity contribution in [2.75, 3.05) is 0 Å². The average molecular weight is 532 g/mol. The van der Waals surface area contributed by atoms with Crippen LogP contribution in [0.5, 0.6) is 17.2 Å². The van der Waals surface area contributed by atoms with Gasteiger partial charge in [0.05, 0.1) is 0 Å². The van der Waals surface area contributed by atoms with Gasteiger partial charge in [0.15, 0.2) is 17.2 Å². The Hall–Kier alpha value is -2.88. The molecule has 0 spiro atoms. The van der Waals surface area contributed by atoms with Crippen molar-refractivity contribution in [3.05, 3.63) is 86.1 Å². The van der Waals surface area contributed by atoms with Crippen LogP contribution in [-0.2, 0) is 19.6 Å². The Morgan fingerprint density at radius 3 is 0.968 bits per heavy atom. The van der Waals surface area contributed by atoms with E-state index in [1.807, 2.05) is 20.8 Å². The first-order valence-electron chi connectivity index (χ1n) is 9.41. The number of pyridine rings is 3. The summed E-state index contributed by atoms with van der Waals surface area (Å²) in [6, 6.07) is 9.07. The van der Waals surface area contributed by atoms with Crippen molar-refractivity contribution < 1.29 is 15.3 Å². The van der Waals surface area contributed by atoms with Crippen LogP contribution < -0.4 is 16.7 Å². The summed E-state index contributed by atoms with van der Waals surface area (Å²) in [5.74, 6) is -0.571. The molecule has 3 N–H and O–H groups in total. The van der Waals surface area contributed by atoms with Gasteiger partial charge in [-0.15, -0.1) is 0 Å². The molecule has 9 nitrogen and oxygen atoms in total. The molecular formula is C21H27InN3O6. The van der Waals surface area contributed by atoms with Crippen molar-refractivity contribution in [2.45, 2.75) is 40.4 Å². The van der Waals surface area contributed by atoms with Crippen molar-refractivity contribution in [1.29, 1.82) is 0 Å². The number of hydrogen-bond acceptors (Lipinski definition) is 6. The summed E-state index contributed by atoms with van der Waals surface area (Å²) in [4.78, 5) is 32.7. The molecule has 31 heavy (non-hydrogen) atoms. The third-order valence-corrected chi connectivity index (χ3v) is 4.02. The van der Waals surface area contributed by atoms with Gasteiger partial charge in [-0.3, -0.25) is 14.4 Å². The van der Waals surface area contributed by atoms with E-state index in [4.69, 9.17) is 15.3 Å². The fraction of sp³-hybridized carbons (Fsp3) is 0.286. The zero-order valence-corrected chi connectivity index (χ0v) is 21.1. The molecule has 0 aliphatic heterocycles. The number of hydrogen-bond donors (Lipinski definition) is 3. The smallest absolute Gasteiger partial charge is 0.292 e. The topological polar surface area (TPSA) is 127 Å². The maximum atomic E-state index is 10.9. The summed E-state index contributed by atoms with van der Waals surface area (Å²) in [5.41, 5.74) is -0.986. The summed E-state index contributed by atoms with van der Waals surface area (Å²) >= 11 is 0. The van der Waals surface area contributed by atoms with Crippen molar-refractivity contribution in [3.63, 3.8) is 0 Å². The Kier molecular flexibility index (Phi) is 12.9. The standard InChI is InChI=1S/3C7H9NO2.In/c3*1-2-8-5-3-4-6(9)7(8)10;/h3*3-5,9H,2H2,1H3;. The van der Waals surface area contributed by atoms with E-state index >= 15 is 0 Å². The number of aromatic nitrogens is 3. The molecule has 0 aromatic carbocycles. The number of nitrogens with zero attached hydrogens (tertiary/aromatic N) is 3. The molecule has 3 rings (SSSR count). The molecular weight excluding hydrogens is 505 g/mol. The van der Waals surface area contributed by atoms with Gasteiger partial charge in [0.1, 0.15) is 0 Å². The molecule has 0 aliphatic carbocycles. The van der Waals surface area contributed by atoms with E-state index in [0.717, 1.165) is 0 Å². The Balaban J connectivity index is 0.000000429. The third-order valence-electron chi connectivity index (χ3n) is 4.02. The maximum Gasteiger partial charge on any atom is 0.292 e. The van der Waals surface area contributed by atoms with E-state index in [2.05, 4.69) is 0 Å². The predicted molar refractivity (Wildman–Crippen MR) is 120 cm³/mol. The molecule has 3 aromatic heterocycles. The molecule has 0 atom stereocenters. The summed E-state index contributed by atoms with van der Waals surface area (Å²) in [5, 5.41) is 26.7. The van der Waals surface area contributed by atoms with Crippen LogP contribution in [0, 0.1) is 0 Å². The predicted octanol–water partition coefficient (Wildman–Crippen LogP) is 1.34. The first kappa shape index (κ1) is 28.1. The van der Waals surface area contributed by atoms with Crippen molar-refractivity contribution in [1.82, 2.24) is 13.7 Å². The fourth-order valence-corrected chi connectivity index (χ4v) is 2.32. The van der Waals surface area contributed by atoms with E-state index in [1.54, 1.807) is 36.8 Å². The minimum atomic E-state index is -0.329. The first-order valence-corrected chi connectivity index (χ1v) is 9.41. The Bertz CT molecular complexity index is 979. The Morgan fingerprint density at radius 1 is 0.581 bits per heavy atom. The normalized spacial score (nSPS) is 9.39. The minimum absolute atomic E-state index is 0. The van der Waals surface area contributed by atoms with Gasteiger partial charge in [-0.2, -0.15) is 0 Å². The van der Waals surface area contributed by atoms with E-state index in [9.17, 15) is 14.4 Å². The molecule has 3 heterocycles. The second kappa shape index (κ2) is 14.2. The summed E-state index contributed by atoms with van der Waals surface area (Å²) < 4.78 is 4.32. The summed E-state index contributed by atoms with van der Waals surface area (Å²) in [6.07, 6.45) is 4.92. The molecule has 0 amide bonds. The van der Waals surface area contributed by atoms with Crippen LogP contribution in [0.4, 0.5) is 0 Å². The van der Waals surface area contributed by atoms with E-state index in [0.29, 0.717) is 19.6 Å². The molecule has 0 saturated carbocycles. The Morgan fingerprint density at radius 2 is 0.806 bits per heavy atom. The van der Waals surface area contributed by atoms with E-state index < -0.39 is 0 Å². The molecule has 3 radical (unpaired) electrons. The molecule has 0 bridgehead atoms. The zero-order valence-electron chi connectivity index (χ0n) is 17.8. The maximum absolute atomic E-state index is 10.9. The monoisotopic (exact) mass is 532 g/mol. The minimum Gasteiger partial charge on any atom is -0.503 e. The van der Waals surface area contributed by atoms with Gasteiger partial charge >= 0.3 is 0 Å². The fourth-order valence-electron chi connectivity index (χ4n) is 2.32. The molecule has 0 aliphatic rings. The molecule has 3 aromatic rings. The van der Waals surface area contributed by atoms with Gasteiger partial charge in [-0.05, 0) is 57.2 Å². The zero-order chi connectivity index (χ0) is 22.7. The van der Waals surface area contributed by atoms with E-state index in [1.165, 1.54) is 31.9 Å². The van der Waals surface area contributed by atoms with Crippen LogP contribution >= 0.6 is 0 Å². The van der Waals surface area contributed by atoms with Crippen LogP contribution in [0.1, 0.15) is 20.8 Å². The van der Waals surface area contributed by atoms with Gasteiger partial charge in [0, 0.05) is 64.1 Å². The molecule has 0 fully saturated rings. The van der Waals surface area contributed by atoms with Gasteiger partial charge in [0.25, 0.3) is 16.7 Å². The number of aromatic hydroxyl groups is 3. The van der Waals surface area contributed by atoms with Gasteiger partial charge in [-0.1, -0.05) is 0 Å². The quantitative estimate of drug-likeness (QED) is 0.468. The largest absolute Gasteiger partial charge is 0.503 e. The van der Waals surface area contributed by atoms with Crippen LogP contribution in [0.3, 0.4) is 0 Å². The molecule has 0 unspecified atom stereocenters. The number of rotatable bonds is 3. The van der Waals surface area contributed by atoms with Gasteiger partial charge < -0.3 is 29.0 Å². The molecule has 165 valence electrons. The molecule has 0 saturated heterocycles. The van der Waals surface area contributed by atoms with Crippen LogP contribution in [-0.4, -0.2) is 54.9 Å². The number of aryl methyl sites for hydroxylation is 3. The van der Waals surface area contributed by atoms with Gasteiger partial charge in [0.2, 0.25) is 0 Å². The van der Waals surface area contributed by atoms with Crippen molar-refractivity contribution in [3.8, 4) is 17.2 Å². The first-order chi connectivity index (χ1) is 14.3.